The third kappa shape index (κ3) is 4.94. The van der Waals surface area contributed by atoms with Crippen molar-refractivity contribution in [2.24, 2.45) is 0 Å². The molecule has 2 aromatic rings. The van der Waals surface area contributed by atoms with Crippen molar-refractivity contribution >= 4 is 15.9 Å². The Hall–Kier alpha value is -2.25. The van der Waals surface area contributed by atoms with Crippen LogP contribution in [-0.4, -0.2) is 25.9 Å². The molecule has 0 atom stereocenters. The van der Waals surface area contributed by atoms with Crippen LogP contribution in [0, 0.1) is 0 Å². The smallest absolute Gasteiger partial charge is 0.240 e. The molecule has 1 aromatic carbocycles. The van der Waals surface area contributed by atoms with E-state index in [4.69, 9.17) is 0 Å². The monoisotopic (exact) mass is 319 g/mol. The van der Waals surface area contributed by atoms with Crippen LogP contribution < -0.4 is 10.0 Å². The van der Waals surface area contributed by atoms with E-state index in [1.807, 2.05) is 6.07 Å². The predicted octanol–water partition coefficient (Wildman–Crippen LogP) is 1.07. The SMILES string of the molecule is O=C(CCNS(=O)(=O)c1ccccc1)NCc1ccccn1. The Bertz CT molecular complexity index is 703. The lowest BCUT2D eigenvalue weighted by Crippen LogP contribution is -2.30. The Labute approximate surface area is 129 Å². The van der Waals surface area contributed by atoms with Gasteiger partial charge in [0.05, 0.1) is 17.1 Å². The van der Waals surface area contributed by atoms with Gasteiger partial charge in [-0.3, -0.25) is 9.78 Å². The Morgan fingerprint density at radius 1 is 1.05 bits per heavy atom. The number of nitrogens with one attached hydrogen (secondary N) is 2. The fraction of sp³-hybridized carbons (Fsp3) is 0.200. The van der Waals surface area contributed by atoms with E-state index >= 15 is 0 Å². The summed E-state index contributed by atoms with van der Waals surface area (Å²) in [7, 11) is -3.57. The van der Waals surface area contributed by atoms with Crippen LogP contribution >= 0.6 is 0 Å². The first-order chi connectivity index (χ1) is 10.6. The molecule has 0 aliphatic heterocycles. The average molecular weight is 319 g/mol. The molecule has 7 heteroatoms. The van der Waals surface area contributed by atoms with Crippen LogP contribution in [0.3, 0.4) is 0 Å². The molecular formula is C15H17N3O3S. The number of nitrogens with zero attached hydrogens (tertiary/aromatic N) is 1. The third-order valence-corrected chi connectivity index (χ3v) is 4.37. The van der Waals surface area contributed by atoms with Crippen molar-refractivity contribution in [1.29, 1.82) is 0 Å². The molecule has 0 bridgehead atoms. The largest absolute Gasteiger partial charge is 0.350 e. The lowest BCUT2D eigenvalue weighted by Gasteiger charge is -2.07. The molecule has 0 unspecified atom stereocenters. The van der Waals surface area contributed by atoms with E-state index in [-0.39, 0.29) is 23.8 Å². The van der Waals surface area contributed by atoms with E-state index in [1.54, 1.807) is 36.5 Å². The van der Waals surface area contributed by atoms with Gasteiger partial charge in [-0.1, -0.05) is 24.3 Å². The first-order valence-electron chi connectivity index (χ1n) is 6.79. The lowest BCUT2D eigenvalue weighted by molar-refractivity contribution is -0.121. The molecule has 22 heavy (non-hydrogen) atoms. The van der Waals surface area contributed by atoms with Crippen LogP contribution in [0.1, 0.15) is 12.1 Å². The van der Waals surface area contributed by atoms with Crippen molar-refractivity contribution in [3.63, 3.8) is 0 Å². The van der Waals surface area contributed by atoms with Gasteiger partial charge in [0, 0.05) is 19.2 Å². The first-order valence-corrected chi connectivity index (χ1v) is 8.27. The topological polar surface area (TPSA) is 88.2 Å². The molecule has 116 valence electrons. The normalized spacial score (nSPS) is 11.1. The molecule has 1 aromatic heterocycles. The van der Waals surface area contributed by atoms with Gasteiger partial charge in [-0.15, -0.1) is 0 Å². The van der Waals surface area contributed by atoms with Crippen LogP contribution in [0.4, 0.5) is 0 Å². The highest BCUT2D eigenvalue weighted by atomic mass is 32.2. The molecular weight excluding hydrogens is 302 g/mol. The van der Waals surface area contributed by atoms with Crippen molar-refractivity contribution in [2.75, 3.05) is 6.54 Å². The zero-order valence-electron chi connectivity index (χ0n) is 11.9. The number of benzene rings is 1. The molecule has 2 rings (SSSR count). The molecule has 0 spiro atoms. The molecule has 0 aliphatic rings. The van der Waals surface area contributed by atoms with Gasteiger partial charge < -0.3 is 5.32 Å². The zero-order chi connectivity index (χ0) is 15.8. The average Bonchev–Trinajstić information content (AvgIpc) is 2.54. The van der Waals surface area contributed by atoms with E-state index in [0.717, 1.165) is 5.69 Å². The second-order valence-corrected chi connectivity index (χ2v) is 6.33. The maximum Gasteiger partial charge on any atom is 0.240 e. The maximum atomic E-state index is 11.9. The van der Waals surface area contributed by atoms with Gasteiger partial charge in [0.1, 0.15) is 0 Å². The number of hydrogen-bond donors (Lipinski definition) is 2. The summed E-state index contributed by atoms with van der Waals surface area (Å²) >= 11 is 0. The molecule has 0 saturated carbocycles. The summed E-state index contributed by atoms with van der Waals surface area (Å²) in [5, 5.41) is 2.69. The number of rotatable bonds is 7. The number of hydrogen-bond acceptors (Lipinski definition) is 4. The number of carbonyl (C=O) groups is 1. The zero-order valence-corrected chi connectivity index (χ0v) is 12.7. The summed E-state index contributed by atoms with van der Waals surface area (Å²) in [5.74, 6) is -0.235. The Kier molecular flexibility index (Phi) is 5.62. The molecule has 1 amide bonds. The van der Waals surface area contributed by atoms with Gasteiger partial charge in [-0.25, -0.2) is 13.1 Å². The summed E-state index contributed by atoms with van der Waals surface area (Å²) in [6.45, 7) is 0.371. The molecule has 6 nitrogen and oxygen atoms in total. The van der Waals surface area contributed by atoms with Crippen LogP contribution in [0.5, 0.6) is 0 Å². The number of amides is 1. The van der Waals surface area contributed by atoms with Crippen molar-refractivity contribution in [1.82, 2.24) is 15.0 Å². The van der Waals surface area contributed by atoms with E-state index in [1.165, 1.54) is 12.1 Å². The van der Waals surface area contributed by atoms with Crippen molar-refractivity contribution in [3.05, 3.63) is 60.4 Å². The van der Waals surface area contributed by atoms with E-state index in [9.17, 15) is 13.2 Å². The molecule has 0 fully saturated rings. The second-order valence-electron chi connectivity index (χ2n) is 4.56. The van der Waals surface area contributed by atoms with Crippen LogP contribution in [0.2, 0.25) is 0 Å². The minimum Gasteiger partial charge on any atom is -0.350 e. The van der Waals surface area contributed by atoms with Crippen LogP contribution in [0.25, 0.3) is 0 Å². The second kappa shape index (κ2) is 7.67. The van der Waals surface area contributed by atoms with Gasteiger partial charge >= 0.3 is 0 Å². The van der Waals surface area contributed by atoms with Gasteiger partial charge in [-0.05, 0) is 24.3 Å². The Balaban J connectivity index is 1.75. The molecule has 0 aliphatic carbocycles. The lowest BCUT2D eigenvalue weighted by atomic mass is 10.3. The molecule has 1 heterocycles. The quantitative estimate of drug-likeness (QED) is 0.799. The van der Waals surface area contributed by atoms with Crippen molar-refractivity contribution < 1.29 is 13.2 Å². The summed E-state index contributed by atoms with van der Waals surface area (Å²) < 4.78 is 26.3. The highest BCUT2D eigenvalue weighted by Gasteiger charge is 2.13. The van der Waals surface area contributed by atoms with E-state index < -0.39 is 10.0 Å². The van der Waals surface area contributed by atoms with Crippen molar-refractivity contribution in [3.8, 4) is 0 Å². The summed E-state index contributed by atoms with van der Waals surface area (Å²) in [6, 6.07) is 13.5. The highest BCUT2D eigenvalue weighted by molar-refractivity contribution is 7.89. The third-order valence-electron chi connectivity index (χ3n) is 2.89. The maximum absolute atomic E-state index is 11.9. The van der Waals surface area contributed by atoms with Crippen molar-refractivity contribution in [2.45, 2.75) is 17.9 Å². The van der Waals surface area contributed by atoms with Gasteiger partial charge in [0.15, 0.2) is 0 Å². The number of aromatic nitrogens is 1. The highest BCUT2D eigenvalue weighted by Crippen LogP contribution is 2.06. The number of pyridine rings is 1. The summed E-state index contributed by atoms with van der Waals surface area (Å²) in [5.41, 5.74) is 0.751. The summed E-state index contributed by atoms with van der Waals surface area (Å²) in [4.78, 5) is 15.9. The fourth-order valence-corrected chi connectivity index (χ4v) is 2.82. The Morgan fingerprint density at radius 2 is 1.77 bits per heavy atom. The minimum absolute atomic E-state index is 0.0469. The van der Waals surface area contributed by atoms with Gasteiger partial charge in [0.2, 0.25) is 15.9 Å². The predicted molar refractivity (Wildman–Crippen MR) is 82.3 cm³/mol. The molecule has 0 saturated heterocycles. The Morgan fingerprint density at radius 3 is 2.45 bits per heavy atom. The van der Waals surface area contributed by atoms with E-state index in [2.05, 4.69) is 15.0 Å². The minimum atomic E-state index is -3.57. The van der Waals surface area contributed by atoms with Gasteiger partial charge in [-0.2, -0.15) is 0 Å². The molecule has 2 N–H and O–H groups in total. The fourth-order valence-electron chi connectivity index (χ4n) is 1.76. The van der Waals surface area contributed by atoms with E-state index in [0.29, 0.717) is 6.54 Å². The number of sulfonamides is 1. The standard InChI is InChI=1S/C15H17N3O3S/c19-15(17-12-13-6-4-5-10-16-13)9-11-18-22(20,21)14-7-2-1-3-8-14/h1-8,10,18H,9,11-12H2,(H,17,19). The molecule has 0 radical (unpaired) electrons. The van der Waals surface area contributed by atoms with Crippen LogP contribution in [-0.2, 0) is 21.4 Å². The first kappa shape index (κ1) is 16.1. The van der Waals surface area contributed by atoms with Crippen LogP contribution in [0.15, 0.2) is 59.6 Å². The number of carbonyl (C=O) groups excluding carboxylic acids is 1. The van der Waals surface area contributed by atoms with Gasteiger partial charge in [0.25, 0.3) is 0 Å². The summed E-state index contributed by atoms with van der Waals surface area (Å²) in [6.07, 6.45) is 1.72.